The maximum Gasteiger partial charge on any atom is 0.346 e. The summed E-state index contributed by atoms with van der Waals surface area (Å²) in [6, 6.07) is 25.7. The average Bonchev–Trinajstić information content (AvgIpc) is 3.92. The third-order valence-corrected chi connectivity index (χ3v) is 18.0. The molecule has 4 aliphatic carbocycles. The molecule has 4 saturated carbocycles. The predicted octanol–water partition coefficient (Wildman–Crippen LogP) is 12.5. The van der Waals surface area contributed by atoms with Gasteiger partial charge >= 0.3 is 29.8 Å². The average molecular weight is 891 g/mol. The van der Waals surface area contributed by atoms with E-state index in [9.17, 15) is 24.0 Å². The highest BCUT2D eigenvalue weighted by Gasteiger charge is 2.62. The van der Waals surface area contributed by atoms with E-state index in [1.165, 1.54) is 87.1 Å². The fourth-order valence-corrected chi connectivity index (χ4v) is 14.5. The Hall–Kier alpha value is -5.57. The second kappa shape index (κ2) is 16.9. The second-order valence-corrected chi connectivity index (χ2v) is 21.7. The van der Waals surface area contributed by atoms with E-state index < -0.39 is 29.8 Å². The summed E-state index contributed by atoms with van der Waals surface area (Å²) in [6.07, 6.45) is 15.2. The fourth-order valence-electron chi connectivity index (χ4n) is 14.5. The lowest BCUT2D eigenvalue weighted by Gasteiger charge is -2.63. The van der Waals surface area contributed by atoms with E-state index in [0.717, 1.165) is 60.3 Å². The molecular weight excluding hydrogens is 829 g/mol. The largest absolute Gasteiger partial charge is 0.489 e. The van der Waals surface area contributed by atoms with Crippen molar-refractivity contribution in [3.8, 4) is 11.5 Å². The first-order chi connectivity index (χ1) is 31.7. The van der Waals surface area contributed by atoms with Crippen LogP contribution < -0.4 is 9.47 Å². The van der Waals surface area contributed by atoms with E-state index in [4.69, 9.17) is 18.9 Å². The molecule has 344 valence electrons. The van der Waals surface area contributed by atoms with Crippen LogP contribution in [0.25, 0.3) is 0 Å². The molecule has 66 heavy (non-hydrogen) atoms. The van der Waals surface area contributed by atoms with Gasteiger partial charge in [-0.1, -0.05) is 84.2 Å². The van der Waals surface area contributed by atoms with Crippen molar-refractivity contribution in [3.63, 3.8) is 0 Å². The van der Waals surface area contributed by atoms with E-state index >= 15 is 0 Å². The summed E-state index contributed by atoms with van der Waals surface area (Å²) in [5.41, 5.74) is 4.50. The van der Waals surface area contributed by atoms with Crippen molar-refractivity contribution in [2.45, 2.75) is 124 Å². The molecule has 2 aliphatic heterocycles. The molecule has 0 bridgehead atoms. The molecule has 0 N–H and O–H groups in total. The molecule has 0 spiro atoms. The fraction of sp³-hybridized carbons (Fsp3) is 0.491. The Balaban J connectivity index is 0.896. The highest BCUT2D eigenvalue weighted by Crippen LogP contribution is 2.70. The maximum atomic E-state index is 13.3. The van der Waals surface area contributed by atoms with Crippen LogP contribution in [-0.4, -0.2) is 29.8 Å². The summed E-state index contributed by atoms with van der Waals surface area (Å²) in [5.74, 6) is 3.04. The van der Waals surface area contributed by atoms with Gasteiger partial charge in [0, 0.05) is 5.41 Å². The number of rotatable bonds is 12. The lowest BCUT2D eigenvalue weighted by atomic mass is 9.42. The zero-order chi connectivity index (χ0) is 46.1. The van der Waals surface area contributed by atoms with Crippen LogP contribution in [0.1, 0.15) is 180 Å². The normalized spacial score (nSPS) is 30.1. The zero-order valence-corrected chi connectivity index (χ0v) is 39.0. The molecule has 0 radical (unpaired) electrons. The maximum absolute atomic E-state index is 13.3. The Bertz CT molecular complexity index is 2590. The van der Waals surface area contributed by atoms with Crippen molar-refractivity contribution in [1.82, 2.24) is 0 Å². The summed E-state index contributed by atoms with van der Waals surface area (Å²) in [7, 11) is 0. The first kappa shape index (κ1) is 44.3. The number of esters is 5. The molecule has 10 rings (SSSR count). The van der Waals surface area contributed by atoms with Crippen LogP contribution in [-0.2, 0) is 21.5 Å². The van der Waals surface area contributed by atoms with Gasteiger partial charge in [0.15, 0.2) is 0 Å². The van der Waals surface area contributed by atoms with Gasteiger partial charge in [-0.15, -0.1) is 0 Å². The van der Waals surface area contributed by atoms with Crippen LogP contribution in [0.5, 0.6) is 11.5 Å². The van der Waals surface area contributed by atoms with E-state index in [2.05, 4.69) is 58.9 Å². The summed E-state index contributed by atoms with van der Waals surface area (Å²) < 4.78 is 21.6. The monoisotopic (exact) mass is 890 g/mol. The second-order valence-electron chi connectivity index (χ2n) is 21.7. The minimum absolute atomic E-state index is 0.0609. The minimum Gasteiger partial charge on any atom is -0.489 e. The van der Waals surface area contributed by atoms with Gasteiger partial charge in [-0.05, 0) is 181 Å². The van der Waals surface area contributed by atoms with Crippen LogP contribution >= 0.6 is 0 Å². The molecule has 0 aromatic heterocycles. The van der Waals surface area contributed by atoms with Gasteiger partial charge < -0.3 is 18.9 Å². The highest BCUT2D eigenvalue weighted by atomic mass is 16.6. The zero-order valence-electron chi connectivity index (χ0n) is 39.0. The Morgan fingerprint density at radius 1 is 0.636 bits per heavy atom. The van der Waals surface area contributed by atoms with Crippen molar-refractivity contribution in [2.24, 2.45) is 52.3 Å². The number of hydrogen-bond acceptors (Lipinski definition) is 9. The molecule has 9 nitrogen and oxygen atoms in total. The molecule has 0 saturated heterocycles. The number of benzene rings is 4. The first-order valence-corrected chi connectivity index (χ1v) is 24.5. The molecule has 4 aromatic carbocycles. The van der Waals surface area contributed by atoms with Crippen LogP contribution in [0.3, 0.4) is 0 Å². The SMILES string of the molecule is CC(C)CCCC(C)C1CCC2C3CCC4CC(c5ccc(OCc6ccc7c(c6)C(=O)OC7=O)cc5)(c5ccc(OC(=O)c6ccc7c(c6)C(=O)OC7=O)cc5)CCC4(C)C3CCC12C. The third kappa shape index (κ3) is 7.58. The number of carbonyl (C=O) groups is 5. The van der Waals surface area contributed by atoms with Gasteiger partial charge in [-0.3, -0.25) is 0 Å². The van der Waals surface area contributed by atoms with Gasteiger partial charge in [-0.25, -0.2) is 24.0 Å². The minimum atomic E-state index is -0.770. The Morgan fingerprint density at radius 3 is 1.94 bits per heavy atom. The standard InChI is InChI=1S/C57H62O9/c1-33(2)7-6-8-34(3)47-23-24-48-44-22-15-39-31-57(28-27-55(39,4)49(44)25-26-56(47,48)5,37-11-16-40(17-12-37)63-32-35-9-20-42-45(29-35)53(61)65-51(42)59)38-13-18-41(19-14-38)64-50(58)36-10-21-43-46(30-36)54(62)66-52(43)60/h9-14,16-21,29-30,33-34,39,44,47-49H,6-8,15,22-28,31-32H2,1-5H3. The molecule has 9 unspecified atom stereocenters. The molecule has 4 aromatic rings. The van der Waals surface area contributed by atoms with Crippen LogP contribution in [0.4, 0.5) is 0 Å². The van der Waals surface area contributed by atoms with E-state index in [1.54, 1.807) is 18.2 Å². The smallest absolute Gasteiger partial charge is 0.346 e. The van der Waals surface area contributed by atoms with Gasteiger partial charge in [0.25, 0.3) is 0 Å². The quantitative estimate of drug-likeness (QED) is 0.0777. The first-order valence-electron chi connectivity index (χ1n) is 24.5. The van der Waals surface area contributed by atoms with Gasteiger partial charge in [0.1, 0.15) is 18.1 Å². The van der Waals surface area contributed by atoms with Crippen LogP contribution in [0.2, 0.25) is 0 Å². The Morgan fingerprint density at radius 2 is 1.26 bits per heavy atom. The van der Waals surface area contributed by atoms with Crippen molar-refractivity contribution < 1.29 is 42.9 Å². The molecule has 9 heteroatoms. The van der Waals surface area contributed by atoms with Crippen molar-refractivity contribution >= 4 is 29.8 Å². The van der Waals surface area contributed by atoms with Crippen LogP contribution in [0, 0.1) is 52.3 Å². The number of hydrogen-bond donors (Lipinski definition) is 0. The number of fused-ring (bicyclic) bond motifs is 7. The Kier molecular flexibility index (Phi) is 11.4. The summed E-state index contributed by atoms with van der Waals surface area (Å²) in [6.45, 7) is 12.8. The lowest BCUT2D eigenvalue weighted by Crippen LogP contribution is -2.55. The van der Waals surface area contributed by atoms with Gasteiger partial charge in [0.05, 0.1) is 27.8 Å². The summed E-state index contributed by atoms with van der Waals surface area (Å²) in [5, 5.41) is 0. The third-order valence-electron chi connectivity index (χ3n) is 18.0. The Labute approximate surface area is 388 Å². The predicted molar refractivity (Wildman–Crippen MR) is 248 cm³/mol. The van der Waals surface area contributed by atoms with Crippen LogP contribution in [0.15, 0.2) is 84.9 Å². The summed E-state index contributed by atoms with van der Waals surface area (Å²) >= 11 is 0. The molecule has 4 fully saturated rings. The topological polar surface area (TPSA) is 122 Å². The number of cyclic esters (lactones) is 4. The lowest BCUT2D eigenvalue weighted by molar-refractivity contribution is -0.122. The molecule has 9 atom stereocenters. The van der Waals surface area contributed by atoms with Gasteiger partial charge in [0.2, 0.25) is 0 Å². The molecule has 6 aliphatic rings. The van der Waals surface area contributed by atoms with E-state index in [0.29, 0.717) is 22.8 Å². The number of ether oxygens (including phenoxy) is 4. The van der Waals surface area contributed by atoms with Crippen molar-refractivity contribution in [2.75, 3.05) is 0 Å². The molecular formula is C57H62O9. The van der Waals surface area contributed by atoms with Crippen molar-refractivity contribution in [3.05, 3.63) is 129 Å². The molecule has 0 amide bonds. The van der Waals surface area contributed by atoms with Gasteiger partial charge in [-0.2, -0.15) is 0 Å². The van der Waals surface area contributed by atoms with E-state index in [-0.39, 0.29) is 45.3 Å². The van der Waals surface area contributed by atoms with E-state index in [1.807, 2.05) is 24.3 Å². The number of carbonyl (C=O) groups excluding carboxylic acids is 5. The molecule has 2 heterocycles. The highest BCUT2D eigenvalue weighted by molar-refractivity contribution is 6.16. The summed E-state index contributed by atoms with van der Waals surface area (Å²) in [4.78, 5) is 61.7. The van der Waals surface area contributed by atoms with Crippen molar-refractivity contribution in [1.29, 1.82) is 0 Å².